The number of ether oxygens (including phenoxy) is 2. The van der Waals surface area contributed by atoms with Crippen LogP contribution in [0.25, 0.3) is 0 Å². The van der Waals surface area contributed by atoms with Crippen molar-refractivity contribution in [2.75, 3.05) is 6.61 Å². The fourth-order valence-corrected chi connectivity index (χ4v) is 2.77. The largest absolute Gasteiger partial charge is 0.375 e. The maximum absolute atomic E-state index is 5.96. The third kappa shape index (κ3) is 1.37. The maximum atomic E-state index is 5.96. The second kappa shape index (κ2) is 3.16. The Bertz CT molecular complexity index is 307. The van der Waals surface area contributed by atoms with Gasteiger partial charge in [0.2, 0.25) is 0 Å². The van der Waals surface area contributed by atoms with Gasteiger partial charge < -0.3 is 9.47 Å². The smallest absolute Gasteiger partial charge is 0.200 e. The van der Waals surface area contributed by atoms with Crippen molar-refractivity contribution in [3.05, 3.63) is 12.7 Å². The van der Waals surface area contributed by atoms with Crippen LogP contribution in [0.15, 0.2) is 17.6 Å². The first kappa shape index (κ1) is 9.55. The molecule has 3 heterocycles. The average Bonchev–Trinajstić information content (AvgIpc) is 2.76. The molecule has 0 aromatic carbocycles. The van der Waals surface area contributed by atoms with E-state index in [-0.39, 0.29) is 17.9 Å². The minimum Gasteiger partial charge on any atom is -0.375 e. The first-order valence-corrected chi connectivity index (χ1v) is 5.73. The summed E-state index contributed by atoms with van der Waals surface area (Å²) in [6.07, 6.45) is 6.55. The summed E-state index contributed by atoms with van der Waals surface area (Å²) in [5.74, 6) is 0.903. The fraction of sp³-hybridized carbons (Fsp3) is 0.750. The molecule has 82 valence electrons. The lowest BCUT2D eigenvalue weighted by Gasteiger charge is -2.22. The molecule has 0 aliphatic carbocycles. The number of nitrogens with zero attached hydrogens (tertiary/aromatic N) is 1. The van der Waals surface area contributed by atoms with E-state index in [1.54, 1.807) is 0 Å². The van der Waals surface area contributed by atoms with Crippen molar-refractivity contribution in [3.63, 3.8) is 0 Å². The standard InChI is InChI=1S/C12H17NO2/c1-3-8(2)6-9-11-10(4-5-14-11)15-12(9)7-13-12/h3,7-11H,1,4-6H2,2H3. The Morgan fingerprint density at radius 3 is 3.20 bits per heavy atom. The van der Waals surface area contributed by atoms with Gasteiger partial charge in [0.1, 0.15) is 0 Å². The molecule has 15 heavy (non-hydrogen) atoms. The molecule has 5 unspecified atom stereocenters. The van der Waals surface area contributed by atoms with Gasteiger partial charge in [0, 0.05) is 12.5 Å². The molecule has 2 saturated heterocycles. The number of fused-ring (bicyclic) bond motifs is 1. The van der Waals surface area contributed by atoms with Crippen LogP contribution >= 0.6 is 0 Å². The minimum atomic E-state index is -0.285. The van der Waals surface area contributed by atoms with Crippen LogP contribution in [-0.4, -0.2) is 30.8 Å². The zero-order valence-electron chi connectivity index (χ0n) is 9.06. The summed E-state index contributed by atoms with van der Waals surface area (Å²) in [7, 11) is 0. The van der Waals surface area contributed by atoms with Crippen LogP contribution < -0.4 is 0 Å². The molecular formula is C12H17NO2. The Morgan fingerprint density at radius 1 is 1.73 bits per heavy atom. The van der Waals surface area contributed by atoms with E-state index in [1.165, 1.54) is 0 Å². The fourth-order valence-electron chi connectivity index (χ4n) is 2.77. The van der Waals surface area contributed by atoms with Crippen LogP contribution in [-0.2, 0) is 9.47 Å². The van der Waals surface area contributed by atoms with Crippen molar-refractivity contribution < 1.29 is 9.47 Å². The quantitative estimate of drug-likeness (QED) is 0.660. The summed E-state index contributed by atoms with van der Waals surface area (Å²) in [6, 6.07) is 0. The van der Waals surface area contributed by atoms with Gasteiger partial charge in [0.25, 0.3) is 0 Å². The van der Waals surface area contributed by atoms with Gasteiger partial charge in [-0.3, -0.25) is 4.99 Å². The molecule has 3 nitrogen and oxygen atoms in total. The van der Waals surface area contributed by atoms with Crippen molar-refractivity contribution in [3.8, 4) is 0 Å². The molecule has 0 radical (unpaired) electrons. The van der Waals surface area contributed by atoms with Gasteiger partial charge in [-0.15, -0.1) is 6.58 Å². The van der Waals surface area contributed by atoms with Gasteiger partial charge in [-0.1, -0.05) is 13.0 Å². The molecule has 3 rings (SSSR count). The first-order chi connectivity index (χ1) is 7.25. The Kier molecular flexibility index (Phi) is 2.01. The molecule has 0 N–H and O–H groups in total. The van der Waals surface area contributed by atoms with Crippen molar-refractivity contribution in [1.82, 2.24) is 0 Å². The summed E-state index contributed by atoms with van der Waals surface area (Å²) in [6.45, 7) is 6.86. The van der Waals surface area contributed by atoms with Gasteiger partial charge >= 0.3 is 0 Å². The van der Waals surface area contributed by atoms with Gasteiger partial charge in [-0.05, 0) is 18.8 Å². The second-order valence-electron chi connectivity index (χ2n) is 4.85. The van der Waals surface area contributed by atoms with Gasteiger partial charge in [0.05, 0.1) is 18.4 Å². The zero-order chi connectivity index (χ0) is 10.5. The third-order valence-corrected chi connectivity index (χ3v) is 3.76. The predicted octanol–water partition coefficient (Wildman–Crippen LogP) is 1.78. The molecule has 5 atom stereocenters. The van der Waals surface area contributed by atoms with E-state index in [2.05, 4.69) is 18.5 Å². The lowest BCUT2D eigenvalue weighted by Crippen LogP contribution is -2.30. The van der Waals surface area contributed by atoms with E-state index in [0.717, 1.165) is 19.4 Å². The molecule has 0 saturated carbocycles. The average molecular weight is 207 g/mol. The highest BCUT2D eigenvalue weighted by Gasteiger charge is 2.61. The molecule has 3 aliphatic heterocycles. The molecule has 0 bridgehead atoms. The van der Waals surface area contributed by atoms with Crippen LogP contribution in [0.2, 0.25) is 0 Å². The van der Waals surface area contributed by atoms with Crippen LogP contribution in [0.1, 0.15) is 19.8 Å². The SMILES string of the molecule is C=CC(C)CC1C2OCCC2OC12C=N2. The summed E-state index contributed by atoms with van der Waals surface area (Å²) >= 11 is 0. The third-order valence-electron chi connectivity index (χ3n) is 3.76. The Morgan fingerprint density at radius 2 is 2.53 bits per heavy atom. The van der Waals surface area contributed by atoms with Crippen LogP contribution in [0.5, 0.6) is 0 Å². The molecule has 3 aliphatic rings. The maximum Gasteiger partial charge on any atom is 0.200 e. The number of rotatable bonds is 3. The topological polar surface area (TPSA) is 30.8 Å². The molecule has 2 fully saturated rings. The Labute approximate surface area is 90.2 Å². The number of aliphatic imine (C=N–C) groups is 1. The predicted molar refractivity (Wildman–Crippen MR) is 57.9 cm³/mol. The monoisotopic (exact) mass is 207 g/mol. The Hall–Kier alpha value is -0.670. The molecule has 3 heteroatoms. The number of hydrogen-bond acceptors (Lipinski definition) is 3. The molecule has 0 amide bonds. The molecular weight excluding hydrogens is 190 g/mol. The minimum absolute atomic E-state index is 0.259. The summed E-state index contributed by atoms with van der Waals surface area (Å²) in [5, 5.41) is 0. The number of allylic oxidation sites excluding steroid dienone is 1. The van der Waals surface area contributed by atoms with E-state index < -0.39 is 0 Å². The van der Waals surface area contributed by atoms with Crippen LogP contribution in [0, 0.1) is 11.8 Å². The highest BCUT2D eigenvalue weighted by atomic mass is 16.6. The highest BCUT2D eigenvalue weighted by Crippen LogP contribution is 2.49. The van der Waals surface area contributed by atoms with Crippen molar-refractivity contribution in [2.24, 2.45) is 16.8 Å². The van der Waals surface area contributed by atoms with Crippen molar-refractivity contribution in [1.29, 1.82) is 0 Å². The second-order valence-corrected chi connectivity index (χ2v) is 4.85. The molecule has 0 aromatic heterocycles. The number of hydrogen-bond donors (Lipinski definition) is 0. The van der Waals surface area contributed by atoms with Crippen LogP contribution in [0.3, 0.4) is 0 Å². The summed E-state index contributed by atoms with van der Waals surface area (Å²) in [4.78, 5) is 4.32. The van der Waals surface area contributed by atoms with E-state index in [0.29, 0.717) is 11.8 Å². The van der Waals surface area contributed by atoms with E-state index in [9.17, 15) is 0 Å². The van der Waals surface area contributed by atoms with Gasteiger partial charge in [-0.2, -0.15) is 0 Å². The van der Waals surface area contributed by atoms with Gasteiger partial charge in [0.15, 0.2) is 5.72 Å². The van der Waals surface area contributed by atoms with E-state index >= 15 is 0 Å². The first-order valence-electron chi connectivity index (χ1n) is 5.73. The highest BCUT2D eigenvalue weighted by molar-refractivity contribution is 5.83. The zero-order valence-corrected chi connectivity index (χ0v) is 9.06. The van der Waals surface area contributed by atoms with E-state index in [1.807, 2.05) is 12.3 Å². The lowest BCUT2D eigenvalue weighted by molar-refractivity contribution is 0.0243. The summed E-state index contributed by atoms with van der Waals surface area (Å²) < 4.78 is 11.7. The normalized spacial score (nSPS) is 48.2. The van der Waals surface area contributed by atoms with Gasteiger partial charge in [-0.25, -0.2) is 0 Å². The lowest BCUT2D eigenvalue weighted by atomic mass is 9.86. The van der Waals surface area contributed by atoms with Crippen molar-refractivity contribution >= 4 is 6.21 Å². The van der Waals surface area contributed by atoms with Crippen LogP contribution in [0.4, 0.5) is 0 Å². The molecule has 0 aromatic rings. The van der Waals surface area contributed by atoms with E-state index in [4.69, 9.17) is 9.47 Å². The van der Waals surface area contributed by atoms with Crippen molar-refractivity contribution in [2.45, 2.75) is 37.7 Å². The molecule has 1 spiro atoms. The Balaban J connectivity index is 1.76. The summed E-state index contributed by atoms with van der Waals surface area (Å²) in [5.41, 5.74) is -0.285.